The van der Waals surface area contributed by atoms with Gasteiger partial charge in [-0.3, -0.25) is 0 Å². The number of benzene rings is 1. The second-order valence-corrected chi connectivity index (χ2v) is 6.36. The molecule has 0 spiro atoms. The summed E-state index contributed by atoms with van der Waals surface area (Å²) in [5.74, 6) is 1.69. The van der Waals surface area contributed by atoms with Crippen molar-refractivity contribution < 1.29 is 4.74 Å². The lowest BCUT2D eigenvalue weighted by Crippen LogP contribution is -2.05. The first-order valence-corrected chi connectivity index (χ1v) is 8.44. The Hall–Kier alpha value is -2.05. The molecule has 0 aliphatic carbocycles. The third-order valence-corrected chi connectivity index (χ3v) is 4.53. The Bertz CT molecular complexity index is 793. The van der Waals surface area contributed by atoms with Crippen molar-refractivity contribution in [1.29, 1.82) is 0 Å². The highest BCUT2D eigenvalue weighted by molar-refractivity contribution is 7.13. The fraction of sp³-hybridized carbons (Fsp3) is 0.353. The van der Waals surface area contributed by atoms with Crippen molar-refractivity contribution in [3.05, 3.63) is 52.4 Å². The molecule has 0 aliphatic heterocycles. The van der Waals surface area contributed by atoms with E-state index in [4.69, 9.17) is 9.72 Å². The predicted molar refractivity (Wildman–Crippen MR) is 91.7 cm³/mol. The van der Waals surface area contributed by atoms with E-state index >= 15 is 0 Å². The number of aryl methyl sites for hydroxylation is 2. The zero-order valence-electron chi connectivity index (χ0n) is 13.6. The summed E-state index contributed by atoms with van der Waals surface area (Å²) >= 11 is 1.60. The average molecular weight is 328 g/mol. The Kier molecular flexibility index (Phi) is 4.83. The van der Waals surface area contributed by atoms with Gasteiger partial charge in [0, 0.05) is 13.5 Å². The molecule has 5 nitrogen and oxygen atoms in total. The largest absolute Gasteiger partial charge is 0.384 e. The molecule has 3 aromatic rings. The van der Waals surface area contributed by atoms with Gasteiger partial charge in [-0.2, -0.15) is 5.10 Å². The van der Waals surface area contributed by atoms with Crippen LogP contribution in [0.15, 0.2) is 29.8 Å². The molecule has 120 valence electrons. The third kappa shape index (κ3) is 3.65. The zero-order chi connectivity index (χ0) is 16.2. The Morgan fingerprint density at radius 2 is 2.13 bits per heavy atom. The number of hydrogen-bond donors (Lipinski definition) is 0. The van der Waals surface area contributed by atoms with Gasteiger partial charge in [0.05, 0.1) is 29.2 Å². The van der Waals surface area contributed by atoms with Gasteiger partial charge in [-0.1, -0.05) is 29.8 Å². The van der Waals surface area contributed by atoms with Crippen LogP contribution < -0.4 is 0 Å². The molecule has 2 aromatic heterocycles. The van der Waals surface area contributed by atoms with Gasteiger partial charge in [-0.15, -0.1) is 11.3 Å². The molecule has 0 bridgehead atoms. The quantitative estimate of drug-likeness (QED) is 0.697. The van der Waals surface area contributed by atoms with E-state index in [1.54, 1.807) is 18.4 Å². The van der Waals surface area contributed by atoms with E-state index in [9.17, 15) is 0 Å². The number of aromatic nitrogens is 4. The van der Waals surface area contributed by atoms with Crippen LogP contribution in [0.25, 0.3) is 10.7 Å². The molecule has 23 heavy (non-hydrogen) atoms. The van der Waals surface area contributed by atoms with Crippen LogP contribution in [0.4, 0.5) is 0 Å². The number of nitrogens with zero attached hydrogens (tertiary/aromatic N) is 4. The summed E-state index contributed by atoms with van der Waals surface area (Å²) in [6, 6.07) is 8.47. The highest BCUT2D eigenvalue weighted by Crippen LogP contribution is 2.26. The van der Waals surface area contributed by atoms with Crippen molar-refractivity contribution in [2.45, 2.75) is 26.8 Å². The standard InChI is InChI=1S/C17H20N4OS/c1-12-5-4-6-14(9-12)10-21-17(16-13(2)18-11-23-16)19-15(20-21)7-8-22-3/h4-6,9,11H,7-8,10H2,1-3H3. The van der Waals surface area contributed by atoms with Gasteiger partial charge < -0.3 is 4.74 Å². The predicted octanol–water partition coefficient (Wildman–Crippen LogP) is 3.26. The van der Waals surface area contributed by atoms with Crippen LogP contribution in [0.2, 0.25) is 0 Å². The van der Waals surface area contributed by atoms with E-state index in [2.05, 4.69) is 41.3 Å². The van der Waals surface area contributed by atoms with Crippen molar-refractivity contribution >= 4 is 11.3 Å². The third-order valence-electron chi connectivity index (χ3n) is 3.61. The molecule has 0 aliphatic rings. The Morgan fingerprint density at radius 3 is 2.83 bits per heavy atom. The number of thiazole rings is 1. The number of ether oxygens (including phenoxy) is 1. The van der Waals surface area contributed by atoms with Crippen LogP contribution in [0.1, 0.15) is 22.6 Å². The van der Waals surface area contributed by atoms with Crippen LogP contribution in [0, 0.1) is 13.8 Å². The molecule has 0 amide bonds. The molecule has 2 heterocycles. The average Bonchev–Trinajstić information content (AvgIpc) is 3.11. The lowest BCUT2D eigenvalue weighted by Gasteiger charge is -2.06. The van der Waals surface area contributed by atoms with Crippen LogP contribution in [0.5, 0.6) is 0 Å². The minimum Gasteiger partial charge on any atom is -0.384 e. The first-order chi connectivity index (χ1) is 11.2. The molecule has 3 rings (SSSR count). The van der Waals surface area contributed by atoms with Gasteiger partial charge in [0.2, 0.25) is 0 Å². The number of methoxy groups -OCH3 is 1. The summed E-state index contributed by atoms with van der Waals surface area (Å²) < 4.78 is 7.12. The van der Waals surface area contributed by atoms with E-state index in [1.165, 1.54) is 11.1 Å². The summed E-state index contributed by atoms with van der Waals surface area (Å²) in [5, 5.41) is 4.67. The van der Waals surface area contributed by atoms with E-state index in [1.807, 2.05) is 17.1 Å². The van der Waals surface area contributed by atoms with Crippen LogP contribution in [-0.4, -0.2) is 33.5 Å². The van der Waals surface area contributed by atoms with Gasteiger partial charge in [0.1, 0.15) is 0 Å². The molecule has 1 aromatic carbocycles. The summed E-state index contributed by atoms with van der Waals surface area (Å²) in [6.07, 6.45) is 0.710. The fourth-order valence-corrected chi connectivity index (χ4v) is 3.26. The number of rotatable bonds is 6. The van der Waals surface area contributed by atoms with Crippen molar-refractivity contribution in [1.82, 2.24) is 19.7 Å². The van der Waals surface area contributed by atoms with Crippen LogP contribution in [0.3, 0.4) is 0 Å². The van der Waals surface area contributed by atoms with Crippen LogP contribution in [-0.2, 0) is 17.7 Å². The highest BCUT2D eigenvalue weighted by Gasteiger charge is 2.16. The molecular formula is C17H20N4OS. The smallest absolute Gasteiger partial charge is 0.170 e. The lowest BCUT2D eigenvalue weighted by molar-refractivity contribution is 0.200. The first-order valence-electron chi connectivity index (χ1n) is 7.56. The van der Waals surface area contributed by atoms with Crippen molar-refractivity contribution in [3.63, 3.8) is 0 Å². The maximum atomic E-state index is 5.14. The Morgan fingerprint density at radius 1 is 1.26 bits per heavy atom. The molecular weight excluding hydrogens is 308 g/mol. The highest BCUT2D eigenvalue weighted by atomic mass is 32.1. The summed E-state index contributed by atoms with van der Waals surface area (Å²) in [7, 11) is 1.69. The maximum absolute atomic E-state index is 5.14. The maximum Gasteiger partial charge on any atom is 0.170 e. The topological polar surface area (TPSA) is 52.8 Å². The van der Waals surface area contributed by atoms with Gasteiger partial charge >= 0.3 is 0 Å². The monoisotopic (exact) mass is 328 g/mol. The van der Waals surface area contributed by atoms with Crippen LogP contribution >= 0.6 is 11.3 Å². The van der Waals surface area contributed by atoms with Gasteiger partial charge in [0.25, 0.3) is 0 Å². The lowest BCUT2D eigenvalue weighted by atomic mass is 10.1. The summed E-state index contributed by atoms with van der Waals surface area (Å²) in [5.41, 5.74) is 5.31. The van der Waals surface area contributed by atoms with E-state index in [-0.39, 0.29) is 0 Å². The second kappa shape index (κ2) is 7.02. The molecule has 0 unspecified atom stereocenters. The van der Waals surface area contributed by atoms with E-state index in [0.717, 1.165) is 22.2 Å². The molecule has 0 saturated heterocycles. The van der Waals surface area contributed by atoms with Crippen molar-refractivity contribution in [2.75, 3.05) is 13.7 Å². The molecule has 0 atom stereocenters. The molecule has 0 radical (unpaired) electrons. The molecule has 0 N–H and O–H groups in total. The van der Waals surface area contributed by atoms with Crippen molar-refractivity contribution in [2.24, 2.45) is 0 Å². The SMILES string of the molecule is COCCc1nc(-c2scnc2C)n(Cc2cccc(C)c2)n1. The van der Waals surface area contributed by atoms with Gasteiger partial charge in [0.15, 0.2) is 11.6 Å². The van der Waals surface area contributed by atoms with Crippen molar-refractivity contribution in [3.8, 4) is 10.7 Å². The van der Waals surface area contributed by atoms with Gasteiger partial charge in [-0.25, -0.2) is 14.6 Å². The Balaban J connectivity index is 1.96. The summed E-state index contributed by atoms with van der Waals surface area (Å²) in [4.78, 5) is 10.1. The minimum absolute atomic E-state index is 0.621. The summed E-state index contributed by atoms with van der Waals surface area (Å²) in [6.45, 7) is 5.43. The second-order valence-electron chi connectivity index (χ2n) is 5.51. The molecule has 0 saturated carbocycles. The minimum atomic E-state index is 0.621. The van der Waals surface area contributed by atoms with E-state index < -0.39 is 0 Å². The Labute approximate surface area is 140 Å². The van der Waals surface area contributed by atoms with E-state index in [0.29, 0.717) is 19.6 Å². The van der Waals surface area contributed by atoms with Gasteiger partial charge in [-0.05, 0) is 19.4 Å². The first kappa shape index (κ1) is 15.8. The molecule has 0 fully saturated rings. The fourth-order valence-electron chi connectivity index (χ4n) is 2.47. The number of hydrogen-bond acceptors (Lipinski definition) is 5. The zero-order valence-corrected chi connectivity index (χ0v) is 14.4. The molecule has 6 heteroatoms. The normalized spacial score (nSPS) is 11.1.